The molecule has 15 nitrogen and oxygen atoms in total. The summed E-state index contributed by atoms with van der Waals surface area (Å²) in [6.45, 7) is 3.50. The lowest BCUT2D eigenvalue weighted by molar-refractivity contribution is -0.363. The summed E-state index contributed by atoms with van der Waals surface area (Å²) < 4.78 is 12.7. The minimum Gasteiger partial charge on any atom is -0.482 e. The highest BCUT2D eigenvalue weighted by molar-refractivity contribution is 6.12. The molecule has 0 saturated carbocycles. The molecule has 7 rings (SSSR count). The lowest BCUT2D eigenvalue weighted by Gasteiger charge is -2.42. The van der Waals surface area contributed by atoms with Gasteiger partial charge in [0.05, 0.1) is 36.8 Å². The predicted octanol–water partition coefficient (Wildman–Crippen LogP) is -0.178. The van der Waals surface area contributed by atoms with Gasteiger partial charge in [-0.3, -0.25) is 14.6 Å². The van der Waals surface area contributed by atoms with Crippen LogP contribution in [-0.2, 0) is 21.0 Å². The zero-order valence-electron chi connectivity index (χ0n) is 27.1. The second-order valence-electron chi connectivity index (χ2n) is 13.4. The molecule has 1 aromatic heterocycles. The first kappa shape index (κ1) is 33.2. The third kappa shape index (κ3) is 5.66. The summed E-state index contributed by atoms with van der Waals surface area (Å²) >= 11 is 0. The van der Waals surface area contributed by atoms with Crippen LogP contribution in [0.15, 0.2) is 74.4 Å². The molecule has 0 spiro atoms. The number of benzene rings is 1. The van der Waals surface area contributed by atoms with Crippen molar-refractivity contribution in [2.75, 3.05) is 31.2 Å². The zero-order valence-corrected chi connectivity index (χ0v) is 27.1. The molecule has 0 radical (unpaired) electrons. The molecule has 260 valence electrons. The van der Waals surface area contributed by atoms with E-state index in [1.165, 1.54) is 17.0 Å². The highest BCUT2D eigenvalue weighted by Crippen LogP contribution is 2.47. The molecule has 1 aromatic carbocycles. The molecule has 0 saturated heterocycles. The summed E-state index contributed by atoms with van der Waals surface area (Å²) in [6, 6.07) is 2.55. The topological polar surface area (TPSA) is 207 Å². The van der Waals surface area contributed by atoms with Crippen LogP contribution in [0.4, 0.5) is 5.69 Å². The molecular weight excluding hydrogens is 640 g/mol. The Morgan fingerprint density at radius 1 is 1.22 bits per heavy atom. The molecule has 1 unspecified atom stereocenters. The van der Waals surface area contributed by atoms with Crippen LogP contribution < -0.4 is 20.4 Å². The fourth-order valence-corrected chi connectivity index (χ4v) is 6.81. The maximum atomic E-state index is 13.2. The van der Waals surface area contributed by atoms with E-state index in [1.807, 2.05) is 17.2 Å². The smallest absolute Gasteiger partial charge is 0.249 e. The maximum Gasteiger partial charge on any atom is 0.249 e. The highest BCUT2D eigenvalue weighted by atomic mass is 17.2. The number of fused-ring (bicyclic) bond motifs is 4. The van der Waals surface area contributed by atoms with Gasteiger partial charge < -0.3 is 49.8 Å². The van der Waals surface area contributed by atoms with Gasteiger partial charge in [0.2, 0.25) is 5.91 Å². The Labute approximate surface area is 280 Å². The first-order valence-electron chi connectivity index (χ1n) is 15.9. The number of aryl methyl sites for hydroxylation is 1. The number of aliphatic hydroxyl groups excluding tert-OH is 4. The first-order valence-corrected chi connectivity index (χ1v) is 15.9. The van der Waals surface area contributed by atoms with Crippen LogP contribution in [0.5, 0.6) is 5.75 Å². The summed E-state index contributed by atoms with van der Waals surface area (Å²) in [7, 11) is 0. The molecule has 5 aliphatic heterocycles. The van der Waals surface area contributed by atoms with E-state index in [-0.39, 0.29) is 11.8 Å². The Morgan fingerprint density at radius 3 is 2.78 bits per heavy atom. The van der Waals surface area contributed by atoms with E-state index in [9.17, 15) is 35.1 Å². The number of nitrogens with zero attached hydrogens (tertiary/aromatic N) is 3. The van der Waals surface area contributed by atoms with E-state index in [1.54, 1.807) is 45.3 Å². The van der Waals surface area contributed by atoms with Crippen molar-refractivity contribution in [2.24, 2.45) is 4.99 Å². The maximum absolute atomic E-state index is 13.2. The predicted molar refractivity (Wildman–Crippen MR) is 174 cm³/mol. The van der Waals surface area contributed by atoms with Crippen molar-refractivity contribution >= 4 is 28.3 Å². The molecule has 6 N–H and O–H groups in total. The lowest BCUT2D eigenvalue weighted by Crippen LogP contribution is -2.65. The van der Waals surface area contributed by atoms with Crippen molar-refractivity contribution < 1.29 is 49.3 Å². The number of allylic oxidation sites excluding steroid dienone is 1. The number of carbonyl (C=O) groups is 1. The largest absolute Gasteiger partial charge is 0.482 e. The number of amides is 1. The van der Waals surface area contributed by atoms with Gasteiger partial charge in [-0.05, 0) is 45.2 Å². The number of aliphatic hydroxyl groups is 5. The summed E-state index contributed by atoms with van der Waals surface area (Å²) in [5.74, 6) is 0.464. The van der Waals surface area contributed by atoms with Crippen molar-refractivity contribution in [3.63, 3.8) is 0 Å². The fourth-order valence-electron chi connectivity index (χ4n) is 6.81. The third-order valence-electron chi connectivity index (χ3n) is 9.63. The highest BCUT2D eigenvalue weighted by Gasteiger charge is 2.51. The minimum absolute atomic E-state index is 0.216. The minimum atomic E-state index is -2.55. The molecular formula is C34H38N4O11. The standard InChI is InChI=1S/C34H38N4O11/c1-17-8-24(40)20-9-19-10-27(33(2,3)48-30(19)29(31(20)47-17)37-12-18-4-6-36-22(18)13-37)49-46-15-26(42)34(45,32(44)25(41)14-39)16-38-23-5-7-35-21(23)11-28(38)43/h4-9,11-12,23,25-27,32,35,39,41-42,44-45H,10,13-16H2,1-3H3/t23?,25-,26+,27-,32-,34-/m1/s1. The van der Waals surface area contributed by atoms with Gasteiger partial charge in [0, 0.05) is 47.8 Å². The van der Waals surface area contributed by atoms with Crippen LogP contribution in [0.25, 0.3) is 11.0 Å². The van der Waals surface area contributed by atoms with E-state index in [0.717, 1.165) is 11.3 Å². The molecule has 0 aliphatic carbocycles. The van der Waals surface area contributed by atoms with E-state index in [4.69, 9.17) is 18.9 Å². The van der Waals surface area contributed by atoms with Crippen LogP contribution in [-0.4, -0.2) is 110 Å². The summed E-state index contributed by atoms with van der Waals surface area (Å²) in [5.41, 5.74) is 0.185. The van der Waals surface area contributed by atoms with Crippen molar-refractivity contribution in [1.82, 2.24) is 10.2 Å². The Hall–Kier alpha value is -4.35. The Balaban J connectivity index is 1.13. The van der Waals surface area contributed by atoms with Crippen molar-refractivity contribution in [2.45, 2.75) is 68.9 Å². The monoisotopic (exact) mass is 678 g/mol. The second kappa shape index (κ2) is 12.2. The molecule has 0 fully saturated rings. The summed E-state index contributed by atoms with van der Waals surface area (Å²) in [6.07, 6.45) is 3.78. The van der Waals surface area contributed by atoms with Gasteiger partial charge >= 0.3 is 0 Å². The number of β-amino-alcohol motifs (C(OH)–C–C–N with tert-alkyl or cyclic N) is 1. The van der Waals surface area contributed by atoms with Crippen LogP contribution in [0.2, 0.25) is 0 Å². The zero-order chi connectivity index (χ0) is 34.8. The Bertz CT molecular complexity index is 1910. The fraction of sp³-hybridized carbons (Fsp3) is 0.441. The number of ether oxygens (including phenoxy) is 1. The van der Waals surface area contributed by atoms with Crippen LogP contribution in [0.1, 0.15) is 25.2 Å². The SMILES string of the molecule is Cc1cc(=O)c2cc3c(c(N4C=C5C=CN=C5C4)c2o1)OC(C)(C)[C@H](OOC[C@H](O)[C@](O)(CN1C(=O)C=C2NC=CC21)[C@H](O)[C@H](O)CO)C3. The lowest BCUT2D eigenvalue weighted by atomic mass is 9.86. The molecule has 1 amide bonds. The molecule has 5 aliphatic rings. The van der Waals surface area contributed by atoms with Gasteiger partial charge in [-0.15, -0.1) is 0 Å². The van der Waals surface area contributed by atoms with Gasteiger partial charge in [-0.25, -0.2) is 9.78 Å². The number of nitrogens with one attached hydrogen (secondary N) is 1. The average Bonchev–Trinajstić information content (AvgIpc) is 3.83. The van der Waals surface area contributed by atoms with Crippen molar-refractivity contribution in [3.05, 3.63) is 81.8 Å². The van der Waals surface area contributed by atoms with E-state index < -0.39 is 67.3 Å². The van der Waals surface area contributed by atoms with Gasteiger partial charge in [0.25, 0.3) is 0 Å². The van der Waals surface area contributed by atoms with Gasteiger partial charge in [0.1, 0.15) is 53.7 Å². The van der Waals surface area contributed by atoms with Crippen LogP contribution in [0.3, 0.4) is 0 Å². The Kier molecular flexibility index (Phi) is 8.26. The second-order valence-corrected chi connectivity index (χ2v) is 13.4. The van der Waals surface area contributed by atoms with E-state index in [2.05, 4.69) is 10.3 Å². The van der Waals surface area contributed by atoms with Crippen LogP contribution >= 0.6 is 0 Å². The third-order valence-corrected chi connectivity index (χ3v) is 9.63. The summed E-state index contributed by atoms with van der Waals surface area (Å²) in [5, 5.41) is 56.7. The quantitative estimate of drug-likeness (QED) is 0.135. The molecule has 0 bridgehead atoms. The van der Waals surface area contributed by atoms with Gasteiger partial charge in [-0.1, -0.05) is 0 Å². The van der Waals surface area contributed by atoms with Crippen molar-refractivity contribution in [1.29, 1.82) is 0 Å². The molecule has 15 heteroatoms. The molecule has 6 atom stereocenters. The average molecular weight is 679 g/mol. The Morgan fingerprint density at radius 2 is 2.02 bits per heavy atom. The summed E-state index contributed by atoms with van der Waals surface area (Å²) in [4.78, 5) is 44.7. The molecule has 49 heavy (non-hydrogen) atoms. The van der Waals surface area contributed by atoms with E-state index >= 15 is 0 Å². The van der Waals surface area contributed by atoms with Crippen LogP contribution in [0, 0.1) is 6.92 Å². The van der Waals surface area contributed by atoms with Gasteiger partial charge in [-0.2, -0.15) is 0 Å². The number of aliphatic imine (C=N–C) groups is 1. The number of hydrogen-bond donors (Lipinski definition) is 6. The molecule has 2 aromatic rings. The van der Waals surface area contributed by atoms with Crippen molar-refractivity contribution in [3.8, 4) is 5.75 Å². The molecule has 6 heterocycles. The number of anilines is 1. The number of hydrogen-bond acceptors (Lipinski definition) is 14. The van der Waals surface area contributed by atoms with Gasteiger partial charge in [0.15, 0.2) is 16.8 Å². The number of rotatable bonds is 11. The first-order chi connectivity index (χ1) is 23.3. The van der Waals surface area contributed by atoms with E-state index in [0.29, 0.717) is 46.0 Å². The number of carbonyl (C=O) groups excluding carboxylic acids is 1. The normalized spacial score (nSPS) is 24.8.